The zero-order valence-corrected chi connectivity index (χ0v) is 18.0. The Morgan fingerprint density at radius 3 is 2.64 bits per heavy atom. The van der Waals surface area contributed by atoms with Crippen molar-refractivity contribution in [3.05, 3.63) is 35.4 Å². The van der Waals surface area contributed by atoms with Crippen molar-refractivity contribution in [2.75, 3.05) is 26.7 Å². The molecule has 1 heterocycles. The predicted octanol–water partition coefficient (Wildman–Crippen LogP) is 2.86. The minimum Gasteiger partial charge on any atom is -0.357 e. The van der Waals surface area contributed by atoms with E-state index in [0.717, 1.165) is 36.7 Å². The SMILES string of the molecule is CCNC(=NCc1cccc(CS(=O)(=O)NC)c1)N1CCC2(CCCCC2)C1. The van der Waals surface area contributed by atoms with Crippen molar-refractivity contribution in [1.82, 2.24) is 14.9 Å². The molecule has 0 radical (unpaired) electrons. The van der Waals surface area contributed by atoms with Gasteiger partial charge in [0, 0.05) is 19.6 Å². The van der Waals surface area contributed by atoms with Gasteiger partial charge in [0.1, 0.15) is 0 Å². The fourth-order valence-corrected chi connectivity index (χ4v) is 5.29. The molecule has 3 rings (SSSR count). The summed E-state index contributed by atoms with van der Waals surface area (Å²) in [7, 11) is -1.82. The highest BCUT2D eigenvalue weighted by Gasteiger charge is 2.39. The van der Waals surface area contributed by atoms with E-state index in [2.05, 4.69) is 21.9 Å². The third-order valence-electron chi connectivity index (χ3n) is 6.06. The largest absolute Gasteiger partial charge is 0.357 e. The lowest BCUT2D eigenvalue weighted by Crippen LogP contribution is -2.41. The summed E-state index contributed by atoms with van der Waals surface area (Å²) >= 11 is 0. The van der Waals surface area contributed by atoms with Crippen LogP contribution in [-0.2, 0) is 22.3 Å². The van der Waals surface area contributed by atoms with E-state index >= 15 is 0 Å². The highest BCUT2D eigenvalue weighted by molar-refractivity contribution is 7.88. The van der Waals surface area contributed by atoms with Crippen LogP contribution in [0.25, 0.3) is 0 Å². The summed E-state index contributed by atoms with van der Waals surface area (Å²) < 4.78 is 26.0. The molecule has 2 aliphatic rings. The van der Waals surface area contributed by atoms with Crippen LogP contribution in [0.3, 0.4) is 0 Å². The predicted molar refractivity (Wildman–Crippen MR) is 115 cm³/mol. The van der Waals surface area contributed by atoms with Gasteiger partial charge in [-0.15, -0.1) is 0 Å². The average Bonchev–Trinajstić information content (AvgIpc) is 3.09. The minimum absolute atomic E-state index is 0.00420. The van der Waals surface area contributed by atoms with Crippen LogP contribution in [0.1, 0.15) is 56.6 Å². The van der Waals surface area contributed by atoms with E-state index < -0.39 is 10.0 Å². The maximum atomic E-state index is 11.8. The molecule has 0 amide bonds. The summed E-state index contributed by atoms with van der Waals surface area (Å²) in [6.45, 7) is 5.69. The maximum Gasteiger partial charge on any atom is 0.215 e. The summed E-state index contributed by atoms with van der Waals surface area (Å²) in [6, 6.07) is 7.70. The van der Waals surface area contributed by atoms with E-state index in [1.165, 1.54) is 45.6 Å². The third-order valence-corrected chi connectivity index (χ3v) is 7.39. The molecule has 2 fully saturated rings. The summed E-state index contributed by atoms with van der Waals surface area (Å²) in [6.07, 6.45) is 8.09. The van der Waals surface area contributed by atoms with E-state index in [-0.39, 0.29) is 5.75 Å². The van der Waals surface area contributed by atoms with Gasteiger partial charge in [-0.3, -0.25) is 0 Å². The number of aliphatic imine (C=N–C) groups is 1. The molecule has 0 unspecified atom stereocenters. The fraction of sp³-hybridized carbons (Fsp3) is 0.667. The Labute approximate surface area is 169 Å². The van der Waals surface area contributed by atoms with Crippen LogP contribution in [0.4, 0.5) is 0 Å². The molecular weight excluding hydrogens is 372 g/mol. The lowest BCUT2D eigenvalue weighted by molar-refractivity contribution is 0.203. The smallest absolute Gasteiger partial charge is 0.215 e. The first kappa shape index (κ1) is 21.1. The number of likely N-dealkylation sites (tertiary alicyclic amines) is 1. The van der Waals surface area contributed by atoms with Crippen molar-refractivity contribution in [2.24, 2.45) is 10.4 Å². The van der Waals surface area contributed by atoms with E-state index in [1.807, 2.05) is 24.3 Å². The summed E-state index contributed by atoms with van der Waals surface area (Å²) in [5, 5.41) is 3.45. The summed E-state index contributed by atoms with van der Waals surface area (Å²) in [5.74, 6) is 0.980. The number of hydrogen-bond donors (Lipinski definition) is 2. The van der Waals surface area contributed by atoms with Crippen molar-refractivity contribution >= 4 is 16.0 Å². The number of benzene rings is 1. The third kappa shape index (κ3) is 5.47. The summed E-state index contributed by atoms with van der Waals surface area (Å²) in [5.41, 5.74) is 2.32. The summed E-state index contributed by atoms with van der Waals surface area (Å²) in [4.78, 5) is 7.29. The number of sulfonamides is 1. The first-order chi connectivity index (χ1) is 13.5. The van der Waals surface area contributed by atoms with E-state index in [1.54, 1.807) is 0 Å². The first-order valence-corrected chi connectivity index (χ1v) is 12.1. The van der Waals surface area contributed by atoms with Crippen LogP contribution in [-0.4, -0.2) is 46.0 Å². The van der Waals surface area contributed by atoms with E-state index in [4.69, 9.17) is 4.99 Å². The molecule has 0 atom stereocenters. The Bertz CT molecular complexity index is 785. The second-order valence-corrected chi connectivity index (χ2v) is 10.1. The van der Waals surface area contributed by atoms with Gasteiger partial charge < -0.3 is 10.2 Å². The molecule has 1 saturated heterocycles. The van der Waals surface area contributed by atoms with Crippen LogP contribution in [0.5, 0.6) is 0 Å². The van der Waals surface area contributed by atoms with Crippen LogP contribution >= 0.6 is 0 Å². The molecule has 0 bridgehead atoms. The van der Waals surface area contributed by atoms with Crippen LogP contribution in [0.15, 0.2) is 29.3 Å². The standard InChI is InChI=1S/C21H34N4O2S/c1-3-23-20(25-13-12-21(17-25)10-5-4-6-11-21)24-15-18-8-7-9-19(14-18)16-28(26,27)22-2/h7-9,14,22H,3-6,10-13,15-17H2,1-2H3,(H,23,24). The van der Waals surface area contributed by atoms with Gasteiger partial charge in [-0.2, -0.15) is 0 Å². The topological polar surface area (TPSA) is 73.8 Å². The van der Waals surface area contributed by atoms with Gasteiger partial charge in [-0.1, -0.05) is 43.5 Å². The lowest BCUT2D eigenvalue weighted by atomic mass is 9.73. The van der Waals surface area contributed by atoms with Crippen molar-refractivity contribution in [2.45, 2.75) is 57.7 Å². The van der Waals surface area contributed by atoms with Gasteiger partial charge in [-0.25, -0.2) is 18.1 Å². The maximum absolute atomic E-state index is 11.8. The van der Waals surface area contributed by atoms with E-state index in [9.17, 15) is 8.42 Å². The highest BCUT2D eigenvalue weighted by Crippen LogP contribution is 2.43. The molecule has 1 spiro atoms. The Morgan fingerprint density at radius 1 is 1.18 bits per heavy atom. The first-order valence-electron chi connectivity index (χ1n) is 10.5. The molecule has 156 valence electrons. The minimum atomic E-state index is -3.26. The van der Waals surface area contributed by atoms with Crippen molar-refractivity contribution < 1.29 is 8.42 Å². The molecule has 1 aliphatic heterocycles. The molecule has 6 nitrogen and oxygen atoms in total. The molecule has 1 saturated carbocycles. The second-order valence-electron chi connectivity index (χ2n) is 8.19. The molecule has 1 aromatic carbocycles. The van der Waals surface area contributed by atoms with Crippen molar-refractivity contribution in [1.29, 1.82) is 0 Å². The van der Waals surface area contributed by atoms with Gasteiger partial charge >= 0.3 is 0 Å². The zero-order chi connectivity index (χ0) is 20.0. The Morgan fingerprint density at radius 2 is 1.93 bits per heavy atom. The fourth-order valence-electron chi connectivity index (χ4n) is 4.53. The van der Waals surface area contributed by atoms with Gasteiger partial charge in [0.25, 0.3) is 0 Å². The molecule has 7 heteroatoms. The Balaban J connectivity index is 1.68. The molecule has 2 N–H and O–H groups in total. The van der Waals surface area contributed by atoms with Crippen LogP contribution in [0.2, 0.25) is 0 Å². The zero-order valence-electron chi connectivity index (χ0n) is 17.2. The monoisotopic (exact) mass is 406 g/mol. The van der Waals surface area contributed by atoms with Crippen LogP contribution < -0.4 is 10.0 Å². The quantitative estimate of drug-likeness (QED) is 0.563. The molecule has 1 aromatic rings. The number of nitrogens with zero attached hydrogens (tertiary/aromatic N) is 2. The van der Waals surface area contributed by atoms with Gasteiger partial charge in [-0.05, 0) is 49.8 Å². The normalized spacial score (nSPS) is 19.9. The molecular formula is C21H34N4O2S. The van der Waals surface area contributed by atoms with Crippen molar-refractivity contribution in [3.63, 3.8) is 0 Å². The number of rotatable bonds is 6. The molecule has 1 aliphatic carbocycles. The number of nitrogens with one attached hydrogen (secondary N) is 2. The lowest BCUT2D eigenvalue weighted by Gasteiger charge is -2.33. The second kappa shape index (κ2) is 9.27. The molecule has 28 heavy (non-hydrogen) atoms. The van der Waals surface area contributed by atoms with E-state index in [0.29, 0.717) is 12.0 Å². The average molecular weight is 407 g/mol. The van der Waals surface area contributed by atoms with Crippen LogP contribution in [0, 0.1) is 5.41 Å². The highest BCUT2D eigenvalue weighted by atomic mass is 32.2. The Hall–Kier alpha value is -1.60. The van der Waals surface area contributed by atoms with Gasteiger partial charge in [0.2, 0.25) is 10.0 Å². The van der Waals surface area contributed by atoms with Gasteiger partial charge in [0.05, 0.1) is 12.3 Å². The number of guanidine groups is 1. The Kier molecular flexibility index (Phi) is 6.99. The van der Waals surface area contributed by atoms with Gasteiger partial charge in [0.15, 0.2) is 5.96 Å². The molecule has 0 aromatic heterocycles. The number of hydrogen-bond acceptors (Lipinski definition) is 3. The van der Waals surface area contributed by atoms with Crippen molar-refractivity contribution in [3.8, 4) is 0 Å².